The van der Waals surface area contributed by atoms with Crippen molar-refractivity contribution in [3.05, 3.63) is 47.5 Å². The molecule has 1 N–H and O–H groups in total. The van der Waals surface area contributed by atoms with Crippen molar-refractivity contribution < 1.29 is 0 Å². The standard InChI is InChI=1S/C17H26N4/c1-4-9-18-12-15(11-17-19-13-20-21(17)3)10-16-8-6-5-7-14(16)2/h5-8,13,15,18H,4,9-12H2,1-3H3. The van der Waals surface area contributed by atoms with Crippen molar-refractivity contribution in [2.75, 3.05) is 13.1 Å². The molecule has 0 saturated heterocycles. The van der Waals surface area contributed by atoms with E-state index in [0.29, 0.717) is 5.92 Å². The van der Waals surface area contributed by atoms with Gasteiger partial charge in [0.25, 0.3) is 0 Å². The third-order valence-corrected chi connectivity index (χ3v) is 3.91. The second-order valence-corrected chi connectivity index (χ2v) is 5.70. The molecule has 0 amide bonds. The molecule has 1 heterocycles. The fourth-order valence-electron chi connectivity index (χ4n) is 2.61. The first kappa shape index (κ1) is 15.7. The van der Waals surface area contributed by atoms with Crippen LogP contribution in [0.25, 0.3) is 0 Å². The van der Waals surface area contributed by atoms with E-state index in [-0.39, 0.29) is 0 Å². The minimum atomic E-state index is 0.542. The molecular formula is C17H26N4. The predicted molar refractivity (Wildman–Crippen MR) is 86.2 cm³/mol. The van der Waals surface area contributed by atoms with Gasteiger partial charge in [0.15, 0.2) is 0 Å². The zero-order valence-corrected chi connectivity index (χ0v) is 13.3. The number of hydrogen-bond donors (Lipinski definition) is 1. The molecule has 1 aromatic heterocycles. The maximum absolute atomic E-state index is 4.37. The normalized spacial score (nSPS) is 12.5. The number of aryl methyl sites for hydroxylation is 2. The van der Waals surface area contributed by atoms with Gasteiger partial charge in [-0.2, -0.15) is 5.10 Å². The van der Waals surface area contributed by atoms with Crippen molar-refractivity contribution in [3.63, 3.8) is 0 Å². The second-order valence-electron chi connectivity index (χ2n) is 5.70. The molecule has 0 fully saturated rings. The van der Waals surface area contributed by atoms with Crippen molar-refractivity contribution in [3.8, 4) is 0 Å². The molecule has 1 aromatic carbocycles. The lowest BCUT2D eigenvalue weighted by Crippen LogP contribution is -2.27. The zero-order valence-electron chi connectivity index (χ0n) is 13.3. The van der Waals surface area contributed by atoms with Gasteiger partial charge in [0.2, 0.25) is 0 Å². The Morgan fingerprint density at radius 2 is 2.05 bits per heavy atom. The fraction of sp³-hybridized carbons (Fsp3) is 0.529. The zero-order chi connectivity index (χ0) is 15.1. The van der Waals surface area contributed by atoms with Crippen LogP contribution in [0.5, 0.6) is 0 Å². The summed E-state index contributed by atoms with van der Waals surface area (Å²) >= 11 is 0. The molecule has 4 nitrogen and oxygen atoms in total. The number of benzene rings is 1. The number of aromatic nitrogens is 3. The van der Waals surface area contributed by atoms with Gasteiger partial charge in [0.05, 0.1) is 0 Å². The van der Waals surface area contributed by atoms with Crippen LogP contribution in [-0.2, 0) is 19.9 Å². The van der Waals surface area contributed by atoms with Crippen LogP contribution in [0.3, 0.4) is 0 Å². The SMILES string of the molecule is CCCNCC(Cc1ccccc1C)Cc1ncnn1C. The Labute approximate surface area is 127 Å². The monoisotopic (exact) mass is 286 g/mol. The Balaban J connectivity index is 2.04. The largest absolute Gasteiger partial charge is 0.316 e. The molecule has 0 bridgehead atoms. The van der Waals surface area contributed by atoms with Crippen LogP contribution in [0.4, 0.5) is 0 Å². The minimum Gasteiger partial charge on any atom is -0.316 e. The molecule has 0 aliphatic carbocycles. The first-order valence-corrected chi connectivity index (χ1v) is 7.78. The van der Waals surface area contributed by atoms with E-state index >= 15 is 0 Å². The van der Waals surface area contributed by atoms with Crippen molar-refractivity contribution >= 4 is 0 Å². The molecule has 21 heavy (non-hydrogen) atoms. The first-order valence-electron chi connectivity index (χ1n) is 7.78. The Morgan fingerprint density at radius 1 is 1.24 bits per heavy atom. The summed E-state index contributed by atoms with van der Waals surface area (Å²) in [6, 6.07) is 8.65. The van der Waals surface area contributed by atoms with Crippen LogP contribution < -0.4 is 5.32 Å². The average Bonchev–Trinajstić information content (AvgIpc) is 2.87. The molecule has 0 aliphatic rings. The first-order chi connectivity index (χ1) is 10.2. The van der Waals surface area contributed by atoms with E-state index in [4.69, 9.17) is 0 Å². The summed E-state index contributed by atoms with van der Waals surface area (Å²) in [6.07, 6.45) is 4.85. The lowest BCUT2D eigenvalue weighted by Gasteiger charge is -2.18. The Hall–Kier alpha value is -1.68. The lowest BCUT2D eigenvalue weighted by atomic mass is 9.93. The number of nitrogens with one attached hydrogen (secondary N) is 1. The Morgan fingerprint density at radius 3 is 2.71 bits per heavy atom. The van der Waals surface area contributed by atoms with Crippen molar-refractivity contribution in [2.45, 2.75) is 33.1 Å². The number of nitrogens with zero attached hydrogens (tertiary/aromatic N) is 3. The van der Waals surface area contributed by atoms with Crippen LogP contribution in [-0.4, -0.2) is 27.9 Å². The fourth-order valence-corrected chi connectivity index (χ4v) is 2.61. The van der Waals surface area contributed by atoms with Crippen molar-refractivity contribution in [2.24, 2.45) is 13.0 Å². The molecular weight excluding hydrogens is 260 g/mol. The summed E-state index contributed by atoms with van der Waals surface area (Å²) in [5.41, 5.74) is 2.80. The highest BCUT2D eigenvalue weighted by Gasteiger charge is 2.14. The van der Waals surface area contributed by atoms with Gasteiger partial charge < -0.3 is 5.32 Å². The van der Waals surface area contributed by atoms with E-state index in [2.05, 4.69) is 53.5 Å². The summed E-state index contributed by atoms with van der Waals surface area (Å²) < 4.78 is 1.88. The second kappa shape index (κ2) is 7.93. The van der Waals surface area contributed by atoms with Gasteiger partial charge >= 0.3 is 0 Å². The lowest BCUT2D eigenvalue weighted by molar-refractivity contribution is 0.452. The van der Waals surface area contributed by atoms with E-state index in [1.54, 1.807) is 6.33 Å². The maximum Gasteiger partial charge on any atom is 0.138 e. The van der Waals surface area contributed by atoms with Crippen molar-refractivity contribution in [1.82, 2.24) is 20.1 Å². The van der Waals surface area contributed by atoms with Gasteiger partial charge in [0, 0.05) is 13.5 Å². The predicted octanol–water partition coefficient (Wildman–Crippen LogP) is 2.52. The van der Waals surface area contributed by atoms with Gasteiger partial charge in [-0.1, -0.05) is 31.2 Å². The van der Waals surface area contributed by atoms with Crippen LogP contribution in [0.2, 0.25) is 0 Å². The van der Waals surface area contributed by atoms with Crippen LogP contribution in [0.15, 0.2) is 30.6 Å². The molecule has 4 heteroatoms. The minimum absolute atomic E-state index is 0.542. The van der Waals surface area contributed by atoms with Gasteiger partial charge in [-0.05, 0) is 49.9 Å². The molecule has 1 atom stereocenters. The molecule has 114 valence electrons. The molecule has 1 unspecified atom stereocenters. The van der Waals surface area contributed by atoms with E-state index in [9.17, 15) is 0 Å². The Kier molecular flexibility index (Phi) is 5.93. The highest BCUT2D eigenvalue weighted by molar-refractivity contribution is 5.26. The van der Waals surface area contributed by atoms with Gasteiger partial charge in [-0.3, -0.25) is 4.68 Å². The molecule has 0 spiro atoms. The van der Waals surface area contributed by atoms with E-state index < -0.39 is 0 Å². The molecule has 0 radical (unpaired) electrons. The molecule has 2 rings (SSSR count). The number of rotatable bonds is 8. The summed E-state index contributed by atoms with van der Waals surface area (Å²) in [5.74, 6) is 1.60. The van der Waals surface area contributed by atoms with E-state index in [1.165, 1.54) is 17.5 Å². The molecule has 0 aliphatic heterocycles. The van der Waals surface area contributed by atoms with Crippen molar-refractivity contribution in [1.29, 1.82) is 0 Å². The number of hydrogen-bond acceptors (Lipinski definition) is 3. The van der Waals surface area contributed by atoms with Gasteiger partial charge in [0.1, 0.15) is 12.2 Å². The quantitative estimate of drug-likeness (QED) is 0.758. The highest BCUT2D eigenvalue weighted by atomic mass is 15.3. The third-order valence-electron chi connectivity index (χ3n) is 3.91. The molecule has 2 aromatic rings. The average molecular weight is 286 g/mol. The summed E-state index contributed by atoms with van der Waals surface area (Å²) in [6.45, 7) is 6.48. The smallest absolute Gasteiger partial charge is 0.138 e. The van der Waals surface area contributed by atoms with Crippen LogP contribution in [0.1, 0.15) is 30.3 Å². The highest BCUT2D eigenvalue weighted by Crippen LogP contribution is 2.16. The van der Waals surface area contributed by atoms with Gasteiger partial charge in [-0.15, -0.1) is 0 Å². The molecule has 0 saturated carbocycles. The van der Waals surface area contributed by atoms with E-state index in [0.717, 1.165) is 31.8 Å². The van der Waals surface area contributed by atoms with Gasteiger partial charge in [-0.25, -0.2) is 4.98 Å². The Bertz CT molecular complexity index is 547. The maximum atomic E-state index is 4.37. The van der Waals surface area contributed by atoms with Crippen LogP contribution in [0, 0.1) is 12.8 Å². The summed E-state index contributed by atoms with van der Waals surface area (Å²) in [4.78, 5) is 4.37. The van der Waals surface area contributed by atoms with E-state index in [1.807, 2.05) is 11.7 Å². The third kappa shape index (κ3) is 4.67. The summed E-state index contributed by atoms with van der Waals surface area (Å²) in [5, 5.41) is 7.73. The summed E-state index contributed by atoms with van der Waals surface area (Å²) in [7, 11) is 1.96. The topological polar surface area (TPSA) is 42.7 Å². The van der Waals surface area contributed by atoms with Crippen LogP contribution >= 0.6 is 0 Å².